The Hall–Kier alpha value is -3.92. The first kappa shape index (κ1) is 33.6. The Morgan fingerprint density at radius 2 is 1.58 bits per heavy atom. The summed E-state index contributed by atoms with van der Waals surface area (Å²) in [5.74, 6) is -2.42. The molecule has 1 aliphatic rings. The van der Waals surface area contributed by atoms with Crippen molar-refractivity contribution in [3.63, 3.8) is 0 Å². The molecule has 2 aromatic carbocycles. The Labute approximate surface area is 258 Å². The SMILES string of the molecule is CC[C@H]1CN(C(=O)c2cc(C)cc(Cl)c2)CC(=O)N[C@H](C)C(=O)N[C@@H](CC(C)C)C(=O)N[C@@H](Cc2ccccc2)C(=O)N1. The molecule has 1 heterocycles. The summed E-state index contributed by atoms with van der Waals surface area (Å²) >= 11 is 6.22. The molecule has 43 heavy (non-hydrogen) atoms. The fourth-order valence-electron chi connectivity index (χ4n) is 4.96. The van der Waals surface area contributed by atoms with Crippen LogP contribution in [0.2, 0.25) is 5.02 Å². The number of aryl methyl sites for hydroxylation is 1. The van der Waals surface area contributed by atoms with Crippen LogP contribution in [0, 0.1) is 12.8 Å². The monoisotopic (exact) mass is 611 g/mol. The predicted molar refractivity (Wildman–Crippen MR) is 165 cm³/mol. The van der Waals surface area contributed by atoms with Crippen LogP contribution < -0.4 is 21.3 Å². The molecular weight excluding hydrogens is 570 g/mol. The summed E-state index contributed by atoms with van der Waals surface area (Å²) in [5, 5.41) is 11.6. The molecule has 10 nitrogen and oxygen atoms in total. The van der Waals surface area contributed by atoms with Crippen molar-refractivity contribution in [2.45, 2.75) is 78.0 Å². The van der Waals surface area contributed by atoms with E-state index < -0.39 is 53.7 Å². The average Bonchev–Trinajstić information content (AvgIpc) is 2.94. The van der Waals surface area contributed by atoms with Crippen molar-refractivity contribution in [3.8, 4) is 0 Å². The molecule has 11 heteroatoms. The molecule has 5 amide bonds. The second-order valence-corrected chi connectivity index (χ2v) is 12.0. The maximum Gasteiger partial charge on any atom is 0.254 e. The number of amides is 5. The second kappa shape index (κ2) is 15.5. The summed E-state index contributed by atoms with van der Waals surface area (Å²) in [6.07, 6.45) is 0.999. The summed E-state index contributed by atoms with van der Waals surface area (Å²) in [7, 11) is 0. The minimum atomic E-state index is -0.979. The van der Waals surface area contributed by atoms with Crippen molar-refractivity contribution >= 4 is 41.1 Å². The summed E-state index contributed by atoms with van der Waals surface area (Å²) in [6.45, 7) is 8.70. The molecule has 0 aliphatic carbocycles. The molecule has 0 unspecified atom stereocenters. The van der Waals surface area contributed by atoms with Crippen molar-refractivity contribution in [1.82, 2.24) is 26.2 Å². The number of nitrogens with one attached hydrogen (secondary N) is 4. The number of nitrogens with zero attached hydrogens (tertiary/aromatic N) is 1. The van der Waals surface area contributed by atoms with Crippen LogP contribution >= 0.6 is 11.6 Å². The second-order valence-electron chi connectivity index (χ2n) is 11.5. The van der Waals surface area contributed by atoms with Gasteiger partial charge in [-0.1, -0.05) is 62.7 Å². The molecule has 0 bridgehead atoms. The highest BCUT2D eigenvalue weighted by atomic mass is 35.5. The van der Waals surface area contributed by atoms with Crippen LogP contribution in [0.5, 0.6) is 0 Å². The molecule has 4 atom stereocenters. The first-order valence-corrected chi connectivity index (χ1v) is 15.0. The van der Waals surface area contributed by atoms with E-state index in [0.717, 1.165) is 11.1 Å². The number of hydrogen-bond acceptors (Lipinski definition) is 5. The van der Waals surface area contributed by atoms with Gasteiger partial charge >= 0.3 is 0 Å². The Kier molecular flexibility index (Phi) is 12.1. The van der Waals surface area contributed by atoms with Crippen LogP contribution in [0.1, 0.15) is 62.0 Å². The highest BCUT2D eigenvalue weighted by Gasteiger charge is 2.32. The van der Waals surface area contributed by atoms with Crippen LogP contribution in [-0.2, 0) is 25.6 Å². The van der Waals surface area contributed by atoms with Crippen LogP contribution in [0.4, 0.5) is 0 Å². The van der Waals surface area contributed by atoms with Crippen molar-refractivity contribution in [3.05, 3.63) is 70.2 Å². The maximum atomic E-state index is 13.7. The smallest absolute Gasteiger partial charge is 0.254 e. The third kappa shape index (κ3) is 10.1. The zero-order valence-corrected chi connectivity index (χ0v) is 26.2. The van der Waals surface area contributed by atoms with Crippen molar-refractivity contribution in [2.24, 2.45) is 5.92 Å². The van der Waals surface area contributed by atoms with E-state index >= 15 is 0 Å². The quantitative estimate of drug-likeness (QED) is 0.398. The van der Waals surface area contributed by atoms with Gasteiger partial charge in [0.25, 0.3) is 5.91 Å². The highest BCUT2D eigenvalue weighted by molar-refractivity contribution is 6.31. The summed E-state index contributed by atoms with van der Waals surface area (Å²) in [6, 6.07) is 10.8. The average molecular weight is 612 g/mol. The molecule has 0 radical (unpaired) electrons. The molecular formula is C32H42ClN5O5. The minimum absolute atomic E-state index is 0.0165. The van der Waals surface area contributed by atoms with Gasteiger partial charge < -0.3 is 26.2 Å². The van der Waals surface area contributed by atoms with Gasteiger partial charge in [-0.3, -0.25) is 24.0 Å². The third-order valence-electron chi connectivity index (χ3n) is 7.22. The van der Waals surface area contributed by atoms with Crippen LogP contribution in [0.25, 0.3) is 0 Å². The third-order valence-corrected chi connectivity index (χ3v) is 7.44. The molecule has 2 aromatic rings. The van der Waals surface area contributed by atoms with E-state index in [0.29, 0.717) is 23.4 Å². The van der Waals surface area contributed by atoms with E-state index in [-0.39, 0.29) is 25.4 Å². The van der Waals surface area contributed by atoms with Crippen molar-refractivity contribution in [1.29, 1.82) is 0 Å². The van der Waals surface area contributed by atoms with Crippen molar-refractivity contribution in [2.75, 3.05) is 13.1 Å². The Bertz CT molecular complexity index is 1300. The lowest BCUT2D eigenvalue weighted by molar-refractivity contribution is -0.133. The first-order chi connectivity index (χ1) is 20.4. The van der Waals surface area contributed by atoms with Gasteiger partial charge in [-0.2, -0.15) is 0 Å². The van der Waals surface area contributed by atoms with E-state index in [1.807, 2.05) is 58.0 Å². The number of carbonyl (C=O) groups is 5. The fraction of sp³-hybridized carbons (Fsp3) is 0.469. The molecule has 0 spiro atoms. The van der Waals surface area contributed by atoms with Gasteiger partial charge in [0, 0.05) is 29.6 Å². The van der Waals surface area contributed by atoms with E-state index in [1.54, 1.807) is 12.1 Å². The summed E-state index contributed by atoms with van der Waals surface area (Å²) in [5.41, 5.74) is 1.92. The summed E-state index contributed by atoms with van der Waals surface area (Å²) < 4.78 is 0. The van der Waals surface area contributed by atoms with Gasteiger partial charge in [0.1, 0.15) is 18.1 Å². The number of halogens is 1. The molecule has 1 aliphatic heterocycles. The minimum Gasteiger partial charge on any atom is -0.350 e. The van der Waals surface area contributed by atoms with E-state index in [1.165, 1.54) is 17.9 Å². The lowest BCUT2D eigenvalue weighted by atomic mass is 10.0. The van der Waals surface area contributed by atoms with Gasteiger partial charge in [0.2, 0.25) is 23.6 Å². The number of benzene rings is 2. The molecule has 3 rings (SSSR count). The fourth-order valence-corrected chi connectivity index (χ4v) is 5.25. The van der Waals surface area contributed by atoms with Crippen LogP contribution in [-0.4, -0.2) is 71.7 Å². The molecule has 1 saturated heterocycles. The molecule has 0 saturated carbocycles. The zero-order chi connectivity index (χ0) is 31.7. The van der Waals surface area contributed by atoms with Gasteiger partial charge in [-0.05, 0) is 61.9 Å². The van der Waals surface area contributed by atoms with Crippen LogP contribution in [0.15, 0.2) is 48.5 Å². The van der Waals surface area contributed by atoms with Gasteiger partial charge in [-0.25, -0.2) is 0 Å². The van der Waals surface area contributed by atoms with Crippen molar-refractivity contribution < 1.29 is 24.0 Å². The normalized spacial score (nSPS) is 22.5. The lowest BCUT2D eigenvalue weighted by Gasteiger charge is -2.29. The van der Waals surface area contributed by atoms with Crippen LogP contribution in [0.3, 0.4) is 0 Å². The molecule has 0 aromatic heterocycles. The molecule has 4 N–H and O–H groups in total. The Morgan fingerprint density at radius 1 is 0.930 bits per heavy atom. The predicted octanol–water partition coefficient (Wildman–Crippen LogP) is 2.76. The first-order valence-electron chi connectivity index (χ1n) is 14.7. The number of hydrogen-bond donors (Lipinski definition) is 4. The Morgan fingerprint density at radius 3 is 2.21 bits per heavy atom. The topological polar surface area (TPSA) is 137 Å². The zero-order valence-electron chi connectivity index (χ0n) is 25.4. The lowest BCUT2D eigenvalue weighted by Crippen LogP contribution is -2.57. The standard InChI is InChI=1S/C32H42ClN5O5/c1-6-25-17-38(32(43)23-13-20(4)14-24(33)16-23)18-28(39)34-21(5)29(40)36-26(12-19(2)3)31(42)37-27(30(41)35-25)15-22-10-8-7-9-11-22/h7-11,13-14,16,19,21,25-27H,6,12,15,17-18H2,1-5H3,(H,34,39)(H,35,41)(H,36,40)(H,37,42)/t21-,25+,26+,27+/m1/s1. The highest BCUT2D eigenvalue weighted by Crippen LogP contribution is 2.17. The van der Waals surface area contributed by atoms with Gasteiger partial charge in [-0.15, -0.1) is 0 Å². The van der Waals surface area contributed by atoms with Gasteiger partial charge in [0.05, 0.1) is 6.54 Å². The number of carbonyl (C=O) groups excluding carboxylic acids is 5. The molecule has 1 fully saturated rings. The van der Waals surface area contributed by atoms with E-state index in [4.69, 9.17) is 11.6 Å². The maximum absolute atomic E-state index is 13.7. The largest absolute Gasteiger partial charge is 0.350 e. The van der Waals surface area contributed by atoms with E-state index in [2.05, 4.69) is 21.3 Å². The van der Waals surface area contributed by atoms with E-state index in [9.17, 15) is 24.0 Å². The summed E-state index contributed by atoms with van der Waals surface area (Å²) in [4.78, 5) is 68.4. The van der Waals surface area contributed by atoms with Gasteiger partial charge in [0.15, 0.2) is 0 Å². The number of rotatable bonds is 6. The Balaban J connectivity index is 2.00. The molecule has 232 valence electrons.